The number of amides is 1. The van der Waals surface area contributed by atoms with Crippen LogP contribution in [0.1, 0.15) is 11.1 Å². The Morgan fingerprint density at radius 3 is 2.48 bits per heavy atom. The summed E-state index contributed by atoms with van der Waals surface area (Å²) >= 11 is 0. The second kappa shape index (κ2) is 11.5. The smallest absolute Gasteiger partial charge is 0.267 e. The number of carbonyl (C=O) groups excluding carboxylic acids is 1. The lowest BCUT2D eigenvalue weighted by Gasteiger charge is -2.36. The van der Waals surface area contributed by atoms with E-state index in [4.69, 9.17) is 9.94 Å². The fourth-order valence-electron chi connectivity index (χ4n) is 3.56. The zero-order chi connectivity index (χ0) is 22.1. The number of likely N-dealkylation sites (N-methyl/N-ethyl adjacent to an activating group) is 1. The van der Waals surface area contributed by atoms with Gasteiger partial charge in [0.1, 0.15) is 12.4 Å². The molecule has 2 aromatic carbocycles. The van der Waals surface area contributed by atoms with Gasteiger partial charge >= 0.3 is 0 Å². The molecular weight excluding hydrogens is 392 g/mol. The highest BCUT2D eigenvalue weighted by Gasteiger charge is 2.18. The van der Waals surface area contributed by atoms with Crippen molar-refractivity contribution in [2.75, 3.05) is 58.3 Å². The van der Waals surface area contributed by atoms with Gasteiger partial charge in [-0.05, 0) is 49.5 Å². The van der Waals surface area contributed by atoms with Gasteiger partial charge in [-0.25, -0.2) is 5.48 Å². The van der Waals surface area contributed by atoms with Gasteiger partial charge in [0, 0.05) is 51.0 Å². The summed E-state index contributed by atoms with van der Waals surface area (Å²) in [5, 5.41) is 8.68. The summed E-state index contributed by atoms with van der Waals surface area (Å²) in [5.74, 6) is 0.378. The van der Waals surface area contributed by atoms with Crippen LogP contribution in [-0.4, -0.2) is 74.3 Å². The van der Waals surface area contributed by atoms with Gasteiger partial charge in [-0.1, -0.05) is 30.3 Å². The van der Waals surface area contributed by atoms with Gasteiger partial charge in [-0.15, -0.1) is 0 Å². The number of nitrogens with zero attached hydrogens (tertiary/aromatic N) is 3. The number of para-hydroxylation sites is 1. The molecule has 1 heterocycles. The maximum absolute atomic E-state index is 11.3. The van der Waals surface area contributed by atoms with E-state index in [1.807, 2.05) is 44.4 Å². The van der Waals surface area contributed by atoms with Crippen LogP contribution in [0.4, 0.5) is 5.69 Å². The predicted molar refractivity (Wildman–Crippen MR) is 123 cm³/mol. The lowest BCUT2D eigenvalue weighted by molar-refractivity contribution is -0.124. The lowest BCUT2D eigenvalue weighted by Crippen LogP contribution is -2.46. The zero-order valence-corrected chi connectivity index (χ0v) is 18.3. The first-order chi connectivity index (χ1) is 15.0. The first kappa shape index (κ1) is 22.8. The molecule has 7 nitrogen and oxygen atoms in total. The minimum absolute atomic E-state index is 0.534. The number of ether oxygens (including phenoxy) is 1. The summed E-state index contributed by atoms with van der Waals surface area (Å²) in [6.07, 6.45) is 3.07. The number of carbonyl (C=O) groups is 1. The van der Waals surface area contributed by atoms with E-state index in [9.17, 15) is 4.79 Å². The molecule has 1 aliphatic rings. The standard InChI is InChI=1S/C24H32N4O3/c1-26(2)17-18-31-22-10-7-20(8-11-22)19-27-13-15-28(16-14-27)23-6-4-3-5-21(23)9-12-24(29)25-30/h3-12,30H,13-19H2,1-2H3,(H,25,29)/b12-9+. The second-order valence-corrected chi connectivity index (χ2v) is 7.93. The number of hydroxylamine groups is 1. The number of benzene rings is 2. The molecular formula is C24H32N4O3. The van der Waals surface area contributed by atoms with Crippen molar-refractivity contribution in [3.8, 4) is 5.75 Å². The Morgan fingerprint density at radius 2 is 1.81 bits per heavy atom. The Balaban J connectivity index is 1.51. The van der Waals surface area contributed by atoms with Crippen LogP contribution in [0, 0.1) is 0 Å². The first-order valence-electron chi connectivity index (χ1n) is 10.6. The van der Waals surface area contributed by atoms with Gasteiger partial charge in [0.05, 0.1) is 0 Å². The third-order valence-corrected chi connectivity index (χ3v) is 5.31. The molecule has 0 spiro atoms. The van der Waals surface area contributed by atoms with Gasteiger partial charge in [0.15, 0.2) is 0 Å². The molecule has 0 bridgehead atoms. The molecule has 0 atom stereocenters. The van der Waals surface area contributed by atoms with Crippen molar-refractivity contribution in [1.29, 1.82) is 0 Å². The highest BCUT2D eigenvalue weighted by molar-refractivity contribution is 5.91. The maximum Gasteiger partial charge on any atom is 0.267 e. The summed E-state index contributed by atoms with van der Waals surface area (Å²) in [5.41, 5.74) is 4.97. The molecule has 0 radical (unpaired) electrons. The van der Waals surface area contributed by atoms with E-state index in [1.165, 1.54) is 11.6 Å². The van der Waals surface area contributed by atoms with E-state index in [2.05, 4.69) is 32.9 Å². The molecule has 3 rings (SSSR count). The van der Waals surface area contributed by atoms with E-state index in [1.54, 1.807) is 11.6 Å². The molecule has 1 aliphatic heterocycles. The van der Waals surface area contributed by atoms with Crippen LogP contribution in [0.5, 0.6) is 5.75 Å². The number of rotatable bonds is 9. The van der Waals surface area contributed by atoms with Crippen LogP contribution in [0.3, 0.4) is 0 Å². The van der Waals surface area contributed by atoms with Crippen LogP contribution >= 0.6 is 0 Å². The van der Waals surface area contributed by atoms with Gasteiger partial charge in [-0.3, -0.25) is 14.9 Å². The first-order valence-corrected chi connectivity index (χ1v) is 10.6. The molecule has 0 aromatic heterocycles. The van der Waals surface area contributed by atoms with E-state index in [0.29, 0.717) is 6.61 Å². The Bertz CT molecular complexity index is 859. The van der Waals surface area contributed by atoms with E-state index >= 15 is 0 Å². The van der Waals surface area contributed by atoms with Crippen LogP contribution in [0.15, 0.2) is 54.6 Å². The number of nitrogens with one attached hydrogen (secondary N) is 1. The van der Waals surface area contributed by atoms with Crippen LogP contribution in [0.25, 0.3) is 6.08 Å². The molecule has 2 N–H and O–H groups in total. The molecule has 0 unspecified atom stereocenters. The van der Waals surface area contributed by atoms with Crippen molar-refractivity contribution in [2.24, 2.45) is 0 Å². The summed E-state index contributed by atoms with van der Waals surface area (Å²) in [6, 6.07) is 16.4. The Labute approximate surface area is 184 Å². The molecule has 31 heavy (non-hydrogen) atoms. The Hall–Kier alpha value is -2.87. The van der Waals surface area contributed by atoms with Crippen molar-refractivity contribution in [3.63, 3.8) is 0 Å². The minimum atomic E-state index is -0.534. The number of hydrogen-bond acceptors (Lipinski definition) is 6. The fraction of sp³-hybridized carbons (Fsp3) is 0.375. The predicted octanol–water partition coefficient (Wildman–Crippen LogP) is 2.47. The highest BCUT2D eigenvalue weighted by Crippen LogP contribution is 2.24. The molecule has 2 aromatic rings. The summed E-state index contributed by atoms with van der Waals surface area (Å²) < 4.78 is 5.77. The van der Waals surface area contributed by atoms with Crippen molar-refractivity contribution in [1.82, 2.24) is 15.3 Å². The SMILES string of the molecule is CN(C)CCOc1ccc(CN2CCN(c3ccccc3/C=C/C(=O)NO)CC2)cc1. The zero-order valence-electron chi connectivity index (χ0n) is 18.3. The molecule has 7 heteroatoms. The van der Waals surface area contributed by atoms with Gasteiger partial charge in [-0.2, -0.15) is 0 Å². The van der Waals surface area contributed by atoms with Crippen molar-refractivity contribution < 1.29 is 14.7 Å². The fourth-order valence-corrected chi connectivity index (χ4v) is 3.56. The van der Waals surface area contributed by atoms with Gasteiger partial charge in [0.2, 0.25) is 0 Å². The molecule has 0 aliphatic carbocycles. The van der Waals surface area contributed by atoms with Crippen LogP contribution in [0.2, 0.25) is 0 Å². The maximum atomic E-state index is 11.3. The Morgan fingerprint density at radius 1 is 1.10 bits per heavy atom. The largest absolute Gasteiger partial charge is 0.492 e. The van der Waals surface area contributed by atoms with Crippen LogP contribution < -0.4 is 15.1 Å². The topological polar surface area (TPSA) is 68.3 Å². The number of piperazine rings is 1. The molecule has 1 saturated heterocycles. The van der Waals surface area contributed by atoms with Gasteiger partial charge < -0.3 is 14.5 Å². The quantitative estimate of drug-likeness (QED) is 0.366. The number of anilines is 1. The van der Waals surface area contributed by atoms with Crippen molar-refractivity contribution in [2.45, 2.75) is 6.54 Å². The third-order valence-electron chi connectivity index (χ3n) is 5.31. The highest BCUT2D eigenvalue weighted by atomic mass is 16.5. The molecule has 1 fully saturated rings. The second-order valence-electron chi connectivity index (χ2n) is 7.93. The summed E-state index contributed by atoms with van der Waals surface area (Å²) in [6.45, 7) is 6.29. The summed E-state index contributed by atoms with van der Waals surface area (Å²) in [7, 11) is 4.08. The molecule has 0 saturated carbocycles. The van der Waals surface area contributed by atoms with Crippen molar-refractivity contribution in [3.05, 3.63) is 65.7 Å². The third kappa shape index (κ3) is 7.10. The van der Waals surface area contributed by atoms with Gasteiger partial charge in [0.25, 0.3) is 5.91 Å². The Kier molecular flexibility index (Phi) is 8.46. The molecule has 166 valence electrons. The van der Waals surface area contributed by atoms with E-state index in [0.717, 1.165) is 56.3 Å². The van der Waals surface area contributed by atoms with E-state index in [-0.39, 0.29) is 0 Å². The minimum Gasteiger partial charge on any atom is -0.492 e. The monoisotopic (exact) mass is 424 g/mol. The van der Waals surface area contributed by atoms with E-state index < -0.39 is 5.91 Å². The number of hydrogen-bond donors (Lipinski definition) is 2. The molecule has 1 amide bonds. The van der Waals surface area contributed by atoms with Crippen molar-refractivity contribution >= 4 is 17.7 Å². The lowest BCUT2D eigenvalue weighted by atomic mass is 10.1. The normalized spacial score (nSPS) is 14.9. The summed E-state index contributed by atoms with van der Waals surface area (Å²) in [4.78, 5) is 18.2. The van der Waals surface area contributed by atoms with Crippen LogP contribution in [-0.2, 0) is 11.3 Å². The average Bonchev–Trinajstić information content (AvgIpc) is 2.79. The average molecular weight is 425 g/mol.